The third-order valence-electron chi connectivity index (χ3n) is 3.42. The average Bonchev–Trinajstić information content (AvgIpc) is 2.61. The van der Waals surface area contributed by atoms with Gasteiger partial charge in [0.05, 0.1) is 25.2 Å². The van der Waals surface area contributed by atoms with Gasteiger partial charge in [-0.05, 0) is 0 Å². The van der Waals surface area contributed by atoms with E-state index in [-0.39, 0.29) is 26.4 Å². The fraction of sp³-hybridized carbons (Fsp3) is 0.636. The Morgan fingerprint density at radius 3 is 2.56 bits per heavy atom. The van der Waals surface area contributed by atoms with Gasteiger partial charge in [-0.15, -0.1) is 0 Å². The van der Waals surface area contributed by atoms with Crippen LogP contribution in [0.1, 0.15) is 0 Å². The summed E-state index contributed by atoms with van der Waals surface area (Å²) >= 11 is 0. The zero-order valence-electron chi connectivity index (χ0n) is 9.73. The first-order valence-corrected chi connectivity index (χ1v) is 5.48. The molecule has 18 heavy (non-hydrogen) atoms. The number of ether oxygens (including phenoxy) is 2. The van der Waals surface area contributed by atoms with E-state index in [0.29, 0.717) is 0 Å². The molecule has 0 aromatic rings. The minimum Gasteiger partial charge on any atom is -0.479 e. The molecule has 2 aliphatic rings. The van der Waals surface area contributed by atoms with Gasteiger partial charge in [-0.25, -0.2) is 14.0 Å². The van der Waals surface area contributed by atoms with Crippen molar-refractivity contribution >= 4 is 12.1 Å². The predicted molar refractivity (Wildman–Crippen MR) is 57.8 cm³/mol. The quantitative estimate of drug-likeness (QED) is 0.744. The maximum absolute atomic E-state index is 14.5. The number of halogens is 1. The van der Waals surface area contributed by atoms with E-state index in [4.69, 9.17) is 14.6 Å². The smallest absolute Gasteiger partial charge is 0.410 e. The van der Waals surface area contributed by atoms with E-state index in [1.54, 1.807) is 0 Å². The van der Waals surface area contributed by atoms with Crippen molar-refractivity contribution in [3.05, 3.63) is 12.7 Å². The molecular formula is C11H14FNO5. The van der Waals surface area contributed by atoms with Crippen LogP contribution in [0.3, 0.4) is 0 Å². The van der Waals surface area contributed by atoms with Gasteiger partial charge in [-0.3, -0.25) is 0 Å². The largest absolute Gasteiger partial charge is 0.479 e. The Labute approximate surface area is 103 Å². The third-order valence-corrected chi connectivity index (χ3v) is 3.42. The van der Waals surface area contributed by atoms with Gasteiger partial charge in [-0.1, -0.05) is 12.7 Å². The van der Waals surface area contributed by atoms with Crippen LogP contribution in [-0.4, -0.2) is 60.6 Å². The van der Waals surface area contributed by atoms with Crippen LogP contribution in [0, 0.1) is 5.41 Å². The van der Waals surface area contributed by atoms with E-state index in [1.807, 2.05) is 0 Å². The summed E-state index contributed by atoms with van der Waals surface area (Å²) in [5, 5.41) is 9.02. The number of carboxylic acid groups (broad SMARTS) is 1. The topological polar surface area (TPSA) is 76.1 Å². The first kappa shape index (κ1) is 12.8. The second kappa shape index (κ2) is 4.24. The molecule has 1 spiro atoms. The molecule has 1 N–H and O–H groups in total. The summed E-state index contributed by atoms with van der Waals surface area (Å²) in [6.45, 7) is 2.87. The number of nitrogens with zero attached hydrogens (tertiary/aromatic N) is 1. The van der Waals surface area contributed by atoms with Crippen LogP contribution in [0.15, 0.2) is 12.7 Å². The molecule has 2 rings (SSSR count). The van der Waals surface area contributed by atoms with Gasteiger partial charge in [0.2, 0.25) is 5.67 Å². The Bertz CT molecular complexity index is 395. The van der Waals surface area contributed by atoms with Crippen molar-refractivity contribution in [3.63, 3.8) is 0 Å². The Kier molecular flexibility index (Phi) is 3.02. The van der Waals surface area contributed by atoms with Crippen molar-refractivity contribution in [2.75, 3.05) is 32.9 Å². The SMILES string of the molecule is C=CCOC(=O)N1CC2(COC2)C(F)(C(=O)O)C1. The molecule has 2 fully saturated rings. The maximum atomic E-state index is 14.5. The number of alkyl halides is 1. The van der Waals surface area contributed by atoms with Crippen LogP contribution in [0.25, 0.3) is 0 Å². The lowest BCUT2D eigenvalue weighted by molar-refractivity contribution is -0.192. The molecule has 0 aliphatic carbocycles. The normalized spacial score (nSPS) is 28.8. The molecule has 100 valence electrons. The van der Waals surface area contributed by atoms with Gasteiger partial charge < -0.3 is 19.5 Å². The molecule has 0 radical (unpaired) electrons. The zero-order valence-corrected chi connectivity index (χ0v) is 9.73. The van der Waals surface area contributed by atoms with Gasteiger partial charge in [0.1, 0.15) is 6.61 Å². The number of hydrogen-bond acceptors (Lipinski definition) is 4. The monoisotopic (exact) mass is 259 g/mol. The highest BCUT2D eigenvalue weighted by Crippen LogP contribution is 2.48. The van der Waals surface area contributed by atoms with Gasteiger partial charge in [0, 0.05) is 6.54 Å². The lowest BCUT2D eigenvalue weighted by atomic mass is 9.74. The average molecular weight is 259 g/mol. The Hall–Kier alpha value is -1.63. The number of hydrogen-bond donors (Lipinski definition) is 1. The minimum atomic E-state index is -2.47. The summed E-state index contributed by atoms with van der Waals surface area (Å²) in [5.41, 5.74) is -3.62. The molecule has 2 saturated heterocycles. The fourth-order valence-corrected chi connectivity index (χ4v) is 2.29. The molecule has 7 heteroatoms. The van der Waals surface area contributed by atoms with Gasteiger partial charge in [0.25, 0.3) is 0 Å². The van der Waals surface area contributed by atoms with Crippen molar-refractivity contribution in [1.82, 2.24) is 4.90 Å². The molecule has 0 bridgehead atoms. The fourth-order valence-electron chi connectivity index (χ4n) is 2.29. The minimum absolute atomic E-state index is 0.00103. The van der Waals surface area contributed by atoms with E-state index < -0.39 is 29.7 Å². The molecule has 0 aromatic heterocycles. The summed E-state index contributed by atoms with van der Waals surface area (Å²) < 4.78 is 24.2. The number of carbonyl (C=O) groups is 2. The van der Waals surface area contributed by atoms with Crippen LogP contribution in [0.2, 0.25) is 0 Å². The molecule has 2 heterocycles. The first-order valence-electron chi connectivity index (χ1n) is 5.48. The van der Waals surface area contributed by atoms with E-state index in [2.05, 4.69) is 6.58 Å². The number of rotatable bonds is 3. The predicted octanol–water partition coefficient (Wildman–Crippen LogP) is 0.434. The molecular weight excluding hydrogens is 245 g/mol. The molecule has 2 aliphatic heterocycles. The second-order valence-corrected chi connectivity index (χ2v) is 4.60. The highest BCUT2D eigenvalue weighted by molar-refractivity contribution is 5.82. The maximum Gasteiger partial charge on any atom is 0.410 e. The molecule has 1 atom stereocenters. The zero-order chi connectivity index (χ0) is 13.4. The summed E-state index contributed by atoms with van der Waals surface area (Å²) in [6, 6.07) is 0. The highest BCUT2D eigenvalue weighted by Gasteiger charge is 2.68. The lowest BCUT2D eigenvalue weighted by Crippen LogP contribution is -2.60. The Balaban J connectivity index is 2.13. The third kappa shape index (κ3) is 1.66. The Morgan fingerprint density at radius 2 is 2.17 bits per heavy atom. The molecule has 1 amide bonds. The van der Waals surface area contributed by atoms with Gasteiger partial charge >= 0.3 is 12.1 Å². The molecule has 1 unspecified atom stereocenters. The molecule has 0 aromatic carbocycles. The molecule has 0 saturated carbocycles. The Morgan fingerprint density at radius 1 is 1.50 bits per heavy atom. The van der Waals surface area contributed by atoms with Crippen molar-refractivity contribution < 1.29 is 28.6 Å². The standard InChI is InChI=1S/C11H14FNO5/c1-2-3-18-9(16)13-4-10(6-17-7-10)11(12,5-13)8(14)15/h2H,1,3-7H2,(H,14,15). The van der Waals surface area contributed by atoms with Crippen LogP contribution in [-0.2, 0) is 14.3 Å². The summed E-state index contributed by atoms with van der Waals surface area (Å²) in [5.74, 6) is -1.56. The van der Waals surface area contributed by atoms with Crippen molar-refractivity contribution in [3.8, 4) is 0 Å². The van der Waals surface area contributed by atoms with Crippen LogP contribution in [0.4, 0.5) is 9.18 Å². The van der Waals surface area contributed by atoms with E-state index in [0.717, 1.165) is 4.90 Å². The number of likely N-dealkylation sites (tertiary alicyclic amines) is 1. The summed E-state index contributed by atoms with van der Waals surface area (Å²) in [6.07, 6.45) is 0.651. The number of carbonyl (C=O) groups excluding carboxylic acids is 1. The van der Waals surface area contributed by atoms with Crippen molar-refractivity contribution in [2.45, 2.75) is 5.67 Å². The van der Waals surface area contributed by atoms with Crippen LogP contribution < -0.4 is 0 Å². The number of aliphatic carboxylic acids is 1. The first-order chi connectivity index (χ1) is 8.45. The summed E-state index contributed by atoms with van der Waals surface area (Å²) in [4.78, 5) is 23.8. The number of carboxylic acids is 1. The van der Waals surface area contributed by atoms with E-state index in [1.165, 1.54) is 6.08 Å². The van der Waals surface area contributed by atoms with Crippen molar-refractivity contribution in [2.24, 2.45) is 5.41 Å². The lowest BCUT2D eigenvalue weighted by Gasteiger charge is -2.42. The molecule has 6 nitrogen and oxygen atoms in total. The van der Waals surface area contributed by atoms with Gasteiger partial charge in [-0.2, -0.15) is 0 Å². The summed E-state index contributed by atoms with van der Waals surface area (Å²) in [7, 11) is 0. The highest BCUT2D eigenvalue weighted by atomic mass is 19.1. The van der Waals surface area contributed by atoms with Crippen LogP contribution >= 0.6 is 0 Å². The van der Waals surface area contributed by atoms with E-state index in [9.17, 15) is 14.0 Å². The number of amides is 1. The van der Waals surface area contributed by atoms with Crippen molar-refractivity contribution in [1.29, 1.82) is 0 Å². The van der Waals surface area contributed by atoms with E-state index >= 15 is 0 Å². The van der Waals surface area contributed by atoms with Gasteiger partial charge in [0.15, 0.2) is 0 Å². The second-order valence-electron chi connectivity index (χ2n) is 4.60. The van der Waals surface area contributed by atoms with Crippen LogP contribution in [0.5, 0.6) is 0 Å².